The van der Waals surface area contributed by atoms with Gasteiger partial charge in [-0.3, -0.25) is 19.1 Å². The molecule has 0 radical (unpaired) electrons. The number of ether oxygens (including phenoxy) is 1. The number of methoxy groups -OCH3 is 1. The highest BCUT2D eigenvalue weighted by molar-refractivity contribution is 5.92. The molecule has 0 saturated heterocycles. The lowest BCUT2D eigenvalue weighted by Gasteiger charge is -2.26. The van der Waals surface area contributed by atoms with Crippen molar-refractivity contribution in [2.75, 3.05) is 42.8 Å². The third kappa shape index (κ3) is 6.59. The molecule has 0 aliphatic heterocycles. The Labute approximate surface area is 202 Å². The Morgan fingerprint density at radius 1 is 1.14 bits per heavy atom. The van der Waals surface area contributed by atoms with Crippen LogP contribution in [0.5, 0.6) is 0 Å². The zero-order valence-corrected chi connectivity index (χ0v) is 19.5. The molecular formula is C25H28N6O4. The molecule has 182 valence electrons. The minimum absolute atomic E-state index is 0.0234. The summed E-state index contributed by atoms with van der Waals surface area (Å²) in [4.78, 5) is 42.0. The predicted octanol–water partition coefficient (Wildman–Crippen LogP) is 1.91. The summed E-state index contributed by atoms with van der Waals surface area (Å²) < 4.78 is 6.44. The van der Waals surface area contributed by atoms with Gasteiger partial charge in [0.2, 0.25) is 5.91 Å². The Morgan fingerprint density at radius 3 is 2.57 bits per heavy atom. The number of aromatic amines is 1. The Balaban J connectivity index is 1.85. The van der Waals surface area contributed by atoms with E-state index in [1.54, 1.807) is 36.3 Å². The van der Waals surface area contributed by atoms with Crippen LogP contribution in [0.1, 0.15) is 24.0 Å². The molecule has 0 unspecified atom stereocenters. The molecule has 0 aliphatic rings. The normalized spacial score (nSPS) is 10.5. The van der Waals surface area contributed by atoms with Crippen LogP contribution in [0.15, 0.2) is 64.2 Å². The number of nitriles is 1. The number of nitrogens with two attached hydrogens (primary N) is 1. The average molecular weight is 477 g/mol. The lowest BCUT2D eigenvalue weighted by molar-refractivity contribution is -0.116. The number of para-hydroxylation sites is 1. The van der Waals surface area contributed by atoms with Gasteiger partial charge in [0.05, 0.1) is 17.8 Å². The number of nitrogen functional groups attached to an aromatic ring is 1. The van der Waals surface area contributed by atoms with Gasteiger partial charge in [0.25, 0.3) is 5.56 Å². The molecule has 0 fully saturated rings. The number of carbonyl (C=O) groups is 1. The van der Waals surface area contributed by atoms with E-state index in [0.29, 0.717) is 30.8 Å². The highest BCUT2D eigenvalue weighted by Crippen LogP contribution is 2.19. The first-order valence-electron chi connectivity index (χ1n) is 11.1. The van der Waals surface area contributed by atoms with E-state index < -0.39 is 11.2 Å². The van der Waals surface area contributed by atoms with E-state index in [4.69, 9.17) is 10.5 Å². The molecule has 3 rings (SSSR count). The van der Waals surface area contributed by atoms with Gasteiger partial charge in [0, 0.05) is 33.2 Å². The summed E-state index contributed by atoms with van der Waals surface area (Å²) in [5.41, 5.74) is 6.85. The third-order valence-electron chi connectivity index (χ3n) is 5.42. The number of hydrogen-bond donors (Lipinski definition) is 3. The zero-order valence-electron chi connectivity index (χ0n) is 19.5. The predicted molar refractivity (Wildman–Crippen MR) is 134 cm³/mol. The molecule has 0 spiro atoms. The maximum absolute atomic E-state index is 12.8. The SMILES string of the molecule is COCCCN(CCC(=O)Nc1ccccc1C#N)c1c(N)n(Cc2ccccc2)c(=O)[nH]c1=O. The Bertz CT molecular complexity index is 1310. The number of aromatic nitrogens is 2. The molecule has 4 N–H and O–H groups in total. The van der Waals surface area contributed by atoms with Gasteiger partial charge in [0.15, 0.2) is 0 Å². The van der Waals surface area contributed by atoms with E-state index in [1.165, 1.54) is 4.57 Å². The molecule has 10 nitrogen and oxygen atoms in total. The quantitative estimate of drug-likeness (QED) is 0.358. The molecule has 3 aromatic rings. The van der Waals surface area contributed by atoms with E-state index in [1.807, 2.05) is 36.4 Å². The zero-order chi connectivity index (χ0) is 25.2. The number of H-pyrrole nitrogens is 1. The Hall–Kier alpha value is -4.36. The monoisotopic (exact) mass is 476 g/mol. The summed E-state index contributed by atoms with van der Waals surface area (Å²) in [6.07, 6.45) is 0.607. The molecule has 0 saturated carbocycles. The van der Waals surface area contributed by atoms with Gasteiger partial charge in [-0.1, -0.05) is 42.5 Å². The average Bonchev–Trinajstić information content (AvgIpc) is 2.85. The van der Waals surface area contributed by atoms with Crippen molar-refractivity contribution in [3.05, 3.63) is 86.6 Å². The summed E-state index contributed by atoms with van der Waals surface area (Å²) in [7, 11) is 1.58. The first-order chi connectivity index (χ1) is 16.9. The van der Waals surface area contributed by atoms with Gasteiger partial charge in [-0.2, -0.15) is 5.26 Å². The molecule has 2 aromatic carbocycles. The fraction of sp³-hybridized carbons (Fsp3) is 0.280. The minimum atomic E-state index is -0.621. The number of rotatable bonds is 11. The van der Waals surface area contributed by atoms with Crippen molar-refractivity contribution in [2.45, 2.75) is 19.4 Å². The van der Waals surface area contributed by atoms with Crippen LogP contribution in [-0.4, -0.2) is 42.3 Å². The minimum Gasteiger partial charge on any atom is -0.385 e. The van der Waals surface area contributed by atoms with Crippen molar-refractivity contribution < 1.29 is 9.53 Å². The second-order valence-electron chi connectivity index (χ2n) is 7.85. The van der Waals surface area contributed by atoms with Crippen LogP contribution < -0.4 is 27.2 Å². The topological polar surface area (TPSA) is 146 Å². The van der Waals surface area contributed by atoms with Crippen LogP contribution >= 0.6 is 0 Å². The van der Waals surface area contributed by atoms with Gasteiger partial charge in [0.1, 0.15) is 17.6 Å². The van der Waals surface area contributed by atoms with Crippen molar-refractivity contribution in [3.8, 4) is 6.07 Å². The summed E-state index contributed by atoms with van der Waals surface area (Å²) in [6.45, 7) is 1.18. The van der Waals surface area contributed by atoms with Crippen molar-refractivity contribution in [1.82, 2.24) is 9.55 Å². The number of anilines is 3. The highest BCUT2D eigenvalue weighted by atomic mass is 16.5. The lowest BCUT2D eigenvalue weighted by Crippen LogP contribution is -2.40. The number of carbonyl (C=O) groups excluding carboxylic acids is 1. The third-order valence-corrected chi connectivity index (χ3v) is 5.42. The lowest BCUT2D eigenvalue weighted by atomic mass is 10.2. The largest absolute Gasteiger partial charge is 0.385 e. The second kappa shape index (κ2) is 12.2. The number of benzene rings is 2. The molecule has 1 aromatic heterocycles. The number of amides is 1. The maximum Gasteiger partial charge on any atom is 0.330 e. The van der Waals surface area contributed by atoms with Gasteiger partial charge in [-0.15, -0.1) is 0 Å². The van der Waals surface area contributed by atoms with Crippen LogP contribution in [-0.2, 0) is 16.1 Å². The molecule has 0 atom stereocenters. The van der Waals surface area contributed by atoms with Crippen LogP contribution in [0.2, 0.25) is 0 Å². The van der Waals surface area contributed by atoms with E-state index >= 15 is 0 Å². The molecular weight excluding hydrogens is 448 g/mol. The summed E-state index contributed by atoms with van der Waals surface area (Å²) in [6, 6.07) is 18.0. The Kier molecular flexibility index (Phi) is 8.81. The summed E-state index contributed by atoms with van der Waals surface area (Å²) in [5, 5.41) is 12.0. The van der Waals surface area contributed by atoms with Crippen molar-refractivity contribution in [1.29, 1.82) is 5.26 Å². The van der Waals surface area contributed by atoms with E-state index in [0.717, 1.165) is 5.56 Å². The van der Waals surface area contributed by atoms with E-state index in [9.17, 15) is 19.6 Å². The van der Waals surface area contributed by atoms with E-state index in [-0.39, 0.29) is 36.9 Å². The summed E-state index contributed by atoms with van der Waals surface area (Å²) in [5.74, 6) is -0.299. The van der Waals surface area contributed by atoms with Crippen LogP contribution in [0.3, 0.4) is 0 Å². The fourth-order valence-corrected chi connectivity index (χ4v) is 3.68. The number of hydrogen-bond acceptors (Lipinski definition) is 7. The smallest absolute Gasteiger partial charge is 0.330 e. The van der Waals surface area contributed by atoms with Crippen molar-refractivity contribution in [3.63, 3.8) is 0 Å². The fourth-order valence-electron chi connectivity index (χ4n) is 3.68. The number of nitrogens with one attached hydrogen (secondary N) is 2. The Morgan fingerprint density at radius 2 is 1.86 bits per heavy atom. The molecule has 0 aliphatic carbocycles. The van der Waals surface area contributed by atoms with Gasteiger partial charge >= 0.3 is 5.69 Å². The van der Waals surface area contributed by atoms with Crippen LogP contribution in [0, 0.1) is 11.3 Å². The van der Waals surface area contributed by atoms with Gasteiger partial charge in [-0.05, 0) is 24.1 Å². The van der Waals surface area contributed by atoms with E-state index in [2.05, 4.69) is 10.3 Å². The molecule has 35 heavy (non-hydrogen) atoms. The molecule has 1 heterocycles. The highest BCUT2D eigenvalue weighted by Gasteiger charge is 2.20. The second-order valence-corrected chi connectivity index (χ2v) is 7.85. The van der Waals surface area contributed by atoms with Gasteiger partial charge in [-0.25, -0.2) is 4.79 Å². The first-order valence-corrected chi connectivity index (χ1v) is 11.1. The van der Waals surface area contributed by atoms with Crippen molar-refractivity contribution >= 4 is 23.1 Å². The molecule has 0 bridgehead atoms. The first kappa shape index (κ1) is 25.3. The van der Waals surface area contributed by atoms with Crippen LogP contribution in [0.25, 0.3) is 0 Å². The molecule has 10 heteroatoms. The van der Waals surface area contributed by atoms with Crippen molar-refractivity contribution in [2.24, 2.45) is 0 Å². The standard InChI is InChI=1S/C25H28N6O4/c1-35-15-7-13-30(14-12-21(32)28-20-11-6-5-10-19(20)16-26)22-23(27)31(25(34)29-24(22)33)17-18-8-3-2-4-9-18/h2-6,8-11H,7,12-15,17,27H2,1H3,(H,28,32)(H,29,33,34). The number of nitrogens with zero attached hydrogens (tertiary/aromatic N) is 3. The van der Waals surface area contributed by atoms with Crippen LogP contribution in [0.4, 0.5) is 17.2 Å². The van der Waals surface area contributed by atoms with Gasteiger partial charge < -0.3 is 20.7 Å². The molecule has 1 amide bonds. The maximum atomic E-state index is 12.8. The summed E-state index contributed by atoms with van der Waals surface area (Å²) >= 11 is 0.